The highest BCUT2D eigenvalue weighted by Gasteiger charge is 2.26. The summed E-state index contributed by atoms with van der Waals surface area (Å²) in [6.45, 7) is 11.1. The van der Waals surface area contributed by atoms with E-state index in [2.05, 4.69) is 53.2 Å². The Balaban J connectivity index is 1.52. The standard InChI is InChI=1S/C21H34N4O/c1-3-22-21(23-15-19-8-5-9-20(19)26)25-12-10-24(11-13-25)16-18-7-4-6-17(2)14-18/h4,6-7,14,19-20,26H,3,5,8-13,15-16H2,1-2H3,(H,22,23). The molecule has 0 bridgehead atoms. The van der Waals surface area contributed by atoms with Crippen LogP contribution in [0.4, 0.5) is 0 Å². The molecule has 5 nitrogen and oxygen atoms in total. The van der Waals surface area contributed by atoms with Gasteiger partial charge in [0.15, 0.2) is 5.96 Å². The number of guanidine groups is 1. The van der Waals surface area contributed by atoms with Crippen LogP contribution in [0.2, 0.25) is 0 Å². The van der Waals surface area contributed by atoms with Gasteiger partial charge in [-0.3, -0.25) is 9.89 Å². The minimum absolute atomic E-state index is 0.159. The summed E-state index contributed by atoms with van der Waals surface area (Å²) >= 11 is 0. The molecule has 5 heteroatoms. The van der Waals surface area contributed by atoms with Crippen molar-refractivity contribution >= 4 is 5.96 Å². The van der Waals surface area contributed by atoms with E-state index in [1.54, 1.807) is 0 Å². The monoisotopic (exact) mass is 358 g/mol. The smallest absolute Gasteiger partial charge is 0.194 e. The van der Waals surface area contributed by atoms with Crippen LogP contribution >= 0.6 is 0 Å². The van der Waals surface area contributed by atoms with E-state index in [4.69, 9.17) is 4.99 Å². The molecule has 1 aromatic carbocycles. The van der Waals surface area contributed by atoms with Gasteiger partial charge in [-0.25, -0.2) is 0 Å². The molecule has 1 heterocycles. The number of hydrogen-bond donors (Lipinski definition) is 2. The highest BCUT2D eigenvalue weighted by atomic mass is 16.3. The van der Waals surface area contributed by atoms with Gasteiger partial charge in [0.1, 0.15) is 0 Å². The Morgan fingerprint density at radius 1 is 1.23 bits per heavy atom. The first-order valence-electron chi connectivity index (χ1n) is 10.1. The molecule has 0 aromatic heterocycles. The first-order valence-corrected chi connectivity index (χ1v) is 10.1. The van der Waals surface area contributed by atoms with Crippen LogP contribution in [-0.2, 0) is 6.54 Å². The summed E-state index contributed by atoms with van der Waals surface area (Å²) in [5, 5.41) is 13.5. The summed E-state index contributed by atoms with van der Waals surface area (Å²) in [5.41, 5.74) is 2.73. The van der Waals surface area contributed by atoms with Gasteiger partial charge in [0.05, 0.1) is 6.10 Å². The lowest BCUT2D eigenvalue weighted by Gasteiger charge is -2.36. The van der Waals surface area contributed by atoms with Crippen molar-refractivity contribution in [2.45, 2.75) is 45.8 Å². The summed E-state index contributed by atoms with van der Waals surface area (Å²) in [6, 6.07) is 8.80. The topological polar surface area (TPSA) is 51.1 Å². The molecule has 0 radical (unpaired) electrons. The fourth-order valence-electron chi connectivity index (χ4n) is 4.05. The highest BCUT2D eigenvalue weighted by molar-refractivity contribution is 5.80. The lowest BCUT2D eigenvalue weighted by molar-refractivity contribution is 0.136. The molecule has 2 aliphatic rings. The number of piperazine rings is 1. The summed E-state index contributed by atoms with van der Waals surface area (Å²) in [7, 11) is 0. The molecule has 1 saturated heterocycles. The Morgan fingerprint density at radius 3 is 2.69 bits per heavy atom. The van der Waals surface area contributed by atoms with Gasteiger partial charge in [-0.05, 0) is 32.3 Å². The van der Waals surface area contributed by atoms with E-state index in [-0.39, 0.29) is 6.10 Å². The average Bonchev–Trinajstić information content (AvgIpc) is 3.04. The van der Waals surface area contributed by atoms with Crippen molar-refractivity contribution in [3.05, 3.63) is 35.4 Å². The van der Waals surface area contributed by atoms with E-state index < -0.39 is 0 Å². The predicted molar refractivity (Wildman–Crippen MR) is 107 cm³/mol. The average molecular weight is 359 g/mol. The third kappa shape index (κ3) is 5.21. The van der Waals surface area contributed by atoms with Crippen molar-refractivity contribution in [1.29, 1.82) is 0 Å². The molecule has 2 atom stereocenters. The lowest BCUT2D eigenvalue weighted by atomic mass is 10.1. The van der Waals surface area contributed by atoms with E-state index in [9.17, 15) is 5.11 Å². The molecule has 0 amide bonds. The molecule has 1 aliphatic heterocycles. The fraction of sp³-hybridized carbons (Fsp3) is 0.667. The molecule has 26 heavy (non-hydrogen) atoms. The largest absolute Gasteiger partial charge is 0.393 e. The van der Waals surface area contributed by atoms with Crippen LogP contribution in [0.15, 0.2) is 29.3 Å². The number of nitrogens with zero attached hydrogens (tertiary/aromatic N) is 3. The zero-order chi connectivity index (χ0) is 18.4. The Kier molecular flexibility index (Phi) is 6.92. The number of aliphatic hydroxyl groups is 1. The van der Waals surface area contributed by atoms with Crippen molar-refractivity contribution < 1.29 is 5.11 Å². The number of rotatable bonds is 5. The maximum absolute atomic E-state index is 10.0. The minimum atomic E-state index is -0.159. The van der Waals surface area contributed by atoms with E-state index >= 15 is 0 Å². The SMILES string of the molecule is CCNC(=NCC1CCCC1O)N1CCN(Cc2cccc(C)c2)CC1. The van der Waals surface area contributed by atoms with Gasteiger partial charge in [-0.2, -0.15) is 0 Å². The van der Waals surface area contributed by atoms with Crippen molar-refractivity contribution in [3.63, 3.8) is 0 Å². The molecule has 2 unspecified atom stereocenters. The Hall–Kier alpha value is -1.59. The second kappa shape index (κ2) is 9.38. The van der Waals surface area contributed by atoms with Gasteiger partial charge in [0.2, 0.25) is 0 Å². The number of nitrogens with one attached hydrogen (secondary N) is 1. The van der Waals surface area contributed by atoms with Gasteiger partial charge in [-0.15, -0.1) is 0 Å². The predicted octanol–water partition coefficient (Wildman–Crippen LogP) is 2.24. The van der Waals surface area contributed by atoms with E-state index in [0.717, 1.165) is 71.0 Å². The second-order valence-electron chi connectivity index (χ2n) is 7.71. The maximum Gasteiger partial charge on any atom is 0.194 e. The van der Waals surface area contributed by atoms with Crippen LogP contribution < -0.4 is 5.32 Å². The molecule has 1 aromatic rings. The number of aliphatic hydroxyl groups excluding tert-OH is 1. The van der Waals surface area contributed by atoms with Gasteiger partial charge in [0, 0.05) is 51.7 Å². The van der Waals surface area contributed by atoms with Crippen LogP contribution in [0, 0.1) is 12.8 Å². The summed E-state index contributed by atoms with van der Waals surface area (Å²) < 4.78 is 0. The first-order chi connectivity index (χ1) is 12.7. The van der Waals surface area contributed by atoms with E-state index in [0.29, 0.717) is 5.92 Å². The van der Waals surface area contributed by atoms with Gasteiger partial charge in [-0.1, -0.05) is 36.2 Å². The molecule has 1 aliphatic carbocycles. The Labute approximate surface area is 158 Å². The highest BCUT2D eigenvalue weighted by Crippen LogP contribution is 2.25. The Morgan fingerprint density at radius 2 is 2.04 bits per heavy atom. The fourth-order valence-corrected chi connectivity index (χ4v) is 4.05. The minimum Gasteiger partial charge on any atom is -0.393 e. The number of hydrogen-bond acceptors (Lipinski definition) is 3. The van der Waals surface area contributed by atoms with Gasteiger partial charge >= 0.3 is 0 Å². The molecular formula is C21H34N4O. The van der Waals surface area contributed by atoms with Crippen molar-refractivity contribution in [2.24, 2.45) is 10.9 Å². The summed E-state index contributed by atoms with van der Waals surface area (Å²) in [5.74, 6) is 1.35. The second-order valence-corrected chi connectivity index (χ2v) is 7.71. The number of aryl methyl sites for hydroxylation is 1. The van der Waals surface area contributed by atoms with E-state index in [1.807, 2.05) is 0 Å². The number of aliphatic imine (C=N–C) groups is 1. The maximum atomic E-state index is 10.0. The third-order valence-electron chi connectivity index (χ3n) is 5.59. The van der Waals surface area contributed by atoms with Crippen LogP contribution in [-0.4, -0.2) is 66.2 Å². The molecule has 0 spiro atoms. The zero-order valence-corrected chi connectivity index (χ0v) is 16.3. The normalized spacial score (nSPS) is 24.9. The third-order valence-corrected chi connectivity index (χ3v) is 5.59. The van der Waals surface area contributed by atoms with Crippen LogP contribution in [0.25, 0.3) is 0 Å². The van der Waals surface area contributed by atoms with Crippen LogP contribution in [0.3, 0.4) is 0 Å². The molecule has 3 rings (SSSR count). The Bertz CT molecular complexity index is 595. The molecule has 2 fully saturated rings. The summed E-state index contributed by atoms with van der Waals surface area (Å²) in [6.07, 6.45) is 3.02. The van der Waals surface area contributed by atoms with Crippen molar-refractivity contribution in [1.82, 2.24) is 15.1 Å². The number of benzene rings is 1. The van der Waals surface area contributed by atoms with Gasteiger partial charge in [0.25, 0.3) is 0 Å². The molecule has 144 valence electrons. The van der Waals surface area contributed by atoms with E-state index in [1.165, 1.54) is 11.1 Å². The van der Waals surface area contributed by atoms with Crippen molar-refractivity contribution in [2.75, 3.05) is 39.3 Å². The zero-order valence-electron chi connectivity index (χ0n) is 16.3. The quantitative estimate of drug-likeness (QED) is 0.626. The summed E-state index contributed by atoms with van der Waals surface area (Å²) in [4.78, 5) is 9.74. The first kappa shape index (κ1) is 19.2. The molecule has 2 N–H and O–H groups in total. The lowest BCUT2D eigenvalue weighted by Crippen LogP contribution is -2.52. The molecule has 1 saturated carbocycles. The van der Waals surface area contributed by atoms with Gasteiger partial charge < -0.3 is 15.3 Å². The van der Waals surface area contributed by atoms with Crippen molar-refractivity contribution in [3.8, 4) is 0 Å². The van der Waals surface area contributed by atoms with Crippen LogP contribution in [0.5, 0.6) is 0 Å². The molecular weight excluding hydrogens is 324 g/mol. The van der Waals surface area contributed by atoms with Crippen LogP contribution in [0.1, 0.15) is 37.3 Å².